The SMILES string of the molecule is CNC(=O)NCCN1CCc2ccc(C(C)C)cc2C1.CSNCCN1CCc2ccc(C(C)C)cc2C1. The standard InChI is InChI=1S/C16H25N3O.C15H24N2S/c1-12(2)14-5-4-13-6-8-19(11-15(13)10-14)9-7-18-16(20)17-3;1-12(2)14-5-4-13-6-8-17(9-7-16-18-3)11-15(13)10-14/h4-5,10,12H,6-9,11H2,1-3H3,(H2,17,18,20);4-5,10,12,16H,6-9,11H2,1-3H3. The van der Waals surface area contributed by atoms with Gasteiger partial charge in [-0.3, -0.25) is 14.5 Å². The molecule has 2 heterocycles. The van der Waals surface area contributed by atoms with Crippen LogP contribution in [-0.2, 0) is 25.9 Å². The van der Waals surface area contributed by atoms with Gasteiger partial charge in [0.15, 0.2) is 0 Å². The molecule has 38 heavy (non-hydrogen) atoms. The summed E-state index contributed by atoms with van der Waals surface area (Å²) in [5.74, 6) is 1.20. The maximum Gasteiger partial charge on any atom is 0.314 e. The Hall–Kier alpha value is -2.06. The number of carbonyl (C=O) groups is 1. The van der Waals surface area contributed by atoms with Crippen molar-refractivity contribution in [1.82, 2.24) is 25.2 Å². The predicted molar refractivity (Wildman–Crippen MR) is 163 cm³/mol. The summed E-state index contributed by atoms with van der Waals surface area (Å²) in [5, 5.41) is 5.41. The van der Waals surface area contributed by atoms with Gasteiger partial charge < -0.3 is 10.6 Å². The molecule has 0 aromatic heterocycles. The monoisotopic (exact) mass is 539 g/mol. The largest absolute Gasteiger partial charge is 0.341 e. The highest BCUT2D eigenvalue weighted by Gasteiger charge is 2.18. The van der Waals surface area contributed by atoms with Crippen molar-refractivity contribution in [3.63, 3.8) is 0 Å². The van der Waals surface area contributed by atoms with E-state index < -0.39 is 0 Å². The van der Waals surface area contributed by atoms with Gasteiger partial charge in [-0.25, -0.2) is 4.79 Å². The van der Waals surface area contributed by atoms with Crippen LogP contribution in [0.4, 0.5) is 4.79 Å². The second-order valence-electron chi connectivity index (χ2n) is 11.0. The Labute approximate surface area is 235 Å². The molecule has 3 N–H and O–H groups in total. The number of hydrogen-bond acceptors (Lipinski definition) is 5. The Morgan fingerprint density at radius 1 is 0.816 bits per heavy atom. The molecule has 2 aromatic rings. The molecule has 0 saturated heterocycles. The maximum absolute atomic E-state index is 11.1. The molecule has 4 rings (SSSR count). The highest BCUT2D eigenvalue weighted by molar-refractivity contribution is 7.96. The summed E-state index contributed by atoms with van der Waals surface area (Å²) in [4.78, 5) is 16.1. The molecule has 0 bridgehead atoms. The smallest absolute Gasteiger partial charge is 0.314 e. The van der Waals surface area contributed by atoms with E-state index in [2.05, 4.69) is 95.5 Å². The third-order valence-corrected chi connectivity index (χ3v) is 8.08. The number of urea groups is 1. The van der Waals surface area contributed by atoms with Crippen molar-refractivity contribution in [2.75, 3.05) is 52.6 Å². The lowest BCUT2D eigenvalue weighted by Gasteiger charge is -2.29. The van der Waals surface area contributed by atoms with Crippen molar-refractivity contribution in [3.05, 3.63) is 69.8 Å². The number of fused-ring (bicyclic) bond motifs is 2. The molecule has 6 nitrogen and oxygen atoms in total. The van der Waals surface area contributed by atoms with E-state index in [1.165, 1.54) is 40.8 Å². The first kappa shape index (κ1) is 30.5. The van der Waals surface area contributed by atoms with Gasteiger partial charge in [0, 0.05) is 59.4 Å². The van der Waals surface area contributed by atoms with E-state index >= 15 is 0 Å². The van der Waals surface area contributed by atoms with Crippen LogP contribution in [0.1, 0.15) is 72.9 Å². The summed E-state index contributed by atoms with van der Waals surface area (Å²) >= 11 is 1.71. The maximum atomic E-state index is 11.1. The van der Waals surface area contributed by atoms with Crippen molar-refractivity contribution in [2.24, 2.45) is 0 Å². The summed E-state index contributed by atoms with van der Waals surface area (Å²) in [5.41, 5.74) is 8.89. The molecule has 0 fully saturated rings. The number of benzene rings is 2. The second kappa shape index (κ2) is 15.5. The van der Waals surface area contributed by atoms with Crippen LogP contribution in [0.2, 0.25) is 0 Å². The molecule has 2 aliphatic heterocycles. The Bertz CT molecular complexity index is 1030. The van der Waals surface area contributed by atoms with Crippen molar-refractivity contribution < 1.29 is 4.79 Å². The fraction of sp³-hybridized carbons (Fsp3) is 0.581. The van der Waals surface area contributed by atoms with Gasteiger partial charge >= 0.3 is 6.03 Å². The zero-order chi connectivity index (χ0) is 27.5. The summed E-state index contributed by atoms with van der Waals surface area (Å²) < 4.78 is 3.32. The Morgan fingerprint density at radius 3 is 1.76 bits per heavy atom. The van der Waals surface area contributed by atoms with Gasteiger partial charge in [-0.1, -0.05) is 76.0 Å². The van der Waals surface area contributed by atoms with Crippen LogP contribution in [-0.4, -0.2) is 68.4 Å². The first-order valence-electron chi connectivity index (χ1n) is 14.2. The van der Waals surface area contributed by atoms with Crippen LogP contribution in [0.15, 0.2) is 36.4 Å². The van der Waals surface area contributed by atoms with E-state index in [-0.39, 0.29) is 6.03 Å². The molecule has 2 amide bonds. The number of rotatable bonds is 9. The van der Waals surface area contributed by atoms with Crippen molar-refractivity contribution >= 4 is 18.0 Å². The van der Waals surface area contributed by atoms with E-state index in [1.807, 2.05) is 0 Å². The van der Waals surface area contributed by atoms with Crippen LogP contribution in [0, 0.1) is 0 Å². The second-order valence-corrected chi connectivity index (χ2v) is 11.7. The quantitative estimate of drug-likeness (QED) is 0.305. The van der Waals surface area contributed by atoms with Crippen LogP contribution in [0.25, 0.3) is 0 Å². The van der Waals surface area contributed by atoms with Crippen LogP contribution in [0.5, 0.6) is 0 Å². The highest BCUT2D eigenvalue weighted by Crippen LogP contribution is 2.25. The van der Waals surface area contributed by atoms with Gasteiger partial charge in [-0.15, -0.1) is 0 Å². The van der Waals surface area contributed by atoms with E-state index in [0.29, 0.717) is 18.4 Å². The Morgan fingerprint density at radius 2 is 1.32 bits per heavy atom. The van der Waals surface area contributed by atoms with Gasteiger partial charge in [0.05, 0.1) is 0 Å². The first-order valence-corrected chi connectivity index (χ1v) is 15.4. The molecule has 2 aromatic carbocycles. The third kappa shape index (κ3) is 9.30. The molecule has 7 heteroatoms. The zero-order valence-corrected chi connectivity index (χ0v) is 25.2. The lowest BCUT2D eigenvalue weighted by molar-refractivity contribution is 0.232. The van der Waals surface area contributed by atoms with Crippen LogP contribution < -0.4 is 15.4 Å². The number of amides is 2. The van der Waals surface area contributed by atoms with E-state index in [1.54, 1.807) is 24.6 Å². The van der Waals surface area contributed by atoms with Gasteiger partial charge in [-0.05, 0) is 64.3 Å². The topological polar surface area (TPSA) is 59.6 Å². The molecule has 0 spiro atoms. The Kier molecular flexibility index (Phi) is 12.4. The molecule has 0 radical (unpaired) electrons. The highest BCUT2D eigenvalue weighted by atomic mass is 32.2. The van der Waals surface area contributed by atoms with Crippen LogP contribution >= 0.6 is 11.9 Å². The number of hydrogen-bond donors (Lipinski definition) is 3. The molecule has 0 atom stereocenters. The molecule has 0 unspecified atom stereocenters. The van der Waals surface area contributed by atoms with Gasteiger partial charge in [0.25, 0.3) is 0 Å². The number of nitrogens with one attached hydrogen (secondary N) is 3. The van der Waals surface area contributed by atoms with Crippen LogP contribution in [0.3, 0.4) is 0 Å². The first-order chi connectivity index (χ1) is 18.3. The van der Waals surface area contributed by atoms with E-state index in [4.69, 9.17) is 0 Å². The fourth-order valence-electron chi connectivity index (χ4n) is 5.09. The minimum Gasteiger partial charge on any atom is -0.341 e. The molecular formula is C31H49N5OS. The number of carbonyl (C=O) groups excluding carboxylic acids is 1. The average Bonchev–Trinajstić information content (AvgIpc) is 2.92. The van der Waals surface area contributed by atoms with Crippen molar-refractivity contribution in [2.45, 2.75) is 65.5 Å². The Balaban J connectivity index is 0.000000212. The average molecular weight is 540 g/mol. The van der Waals surface area contributed by atoms with Crippen molar-refractivity contribution in [1.29, 1.82) is 0 Å². The molecule has 0 saturated carbocycles. The molecule has 2 aliphatic rings. The number of nitrogens with zero attached hydrogens (tertiary/aromatic N) is 2. The summed E-state index contributed by atoms with van der Waals surface area (Å²) in [6.45, 7) is 17.2. The molecule has 0 aliphatic carbocycles. The lowest BCUT2D eigenvalue weighted by Crippen LogP contribution is -2.40. The zero-order valence-electron chi connectivity index (χ0n) is 24.4. The summed E-state index contributed by atoms with van der Waals surface area (Å²) in [7, 11) is 1.64. The molecular weight excluding hydrogens is 490 g/mol. The van der Waals surface area contributed by atoms with Gasteiger partial charge in [0.2, 0.25) is 0 Å². The van der Waals surface area contributed by atoms with Crippen molar-refractivity contribution in [3.8, 4) is 0 Å². The summed E-state index contributed by atoms with van der Waals surface area (Å²) in [6.07, 6.45) is 4.39. The van der Waals surface area contributed by atoms with Gasteiger partial charge in [-0.2, -0.15) is 0 Å². The predicted octanol–water partition coefficient (Wildman–Crippen LogP) is 5.13. The minimum absolute atomic E-state index is 0.107. The van der Waals surface area contributed by atoms with Gasteiger partial charge in [0.1, 0.15) is 0 Å². The lowest BCUT2D eigenvalue weighted by atomic mass is 9.93. The fourth-order valence-corrected chi connectivity index (χ4v) is 5.39. The minimum atomic E-state index is -0.107. The molecule has 210 valence electrons. The third-order valence-electron chi connectivity index (χ3n) is 7.59. The van der Waals surface area contributed by atoms with E-state index in [9.17, 15) is 4.79 Å². The van der Waals surface area contributed by atoms with E-state index in [0.717, 1.165) is 45.7 Å². The summed E-state index contributed by atoms with van der Waals surface area (Å²) in [6, 6.07) is 13.8. The normalized spacial score (nSPS) is 15.5.